The number of carbonyl (C=O) groups is 1. The maximum absolute atomic E-state index is 11.8. The lowest BCUT2D eigenvalue weighted by Crippen LogP contribution is -2.27. The molecule has 2 rings (SSSR count). The Balaban J connectivity index is 2.06. The van der Waals surface area contributed by atoms with Gasteiger partial charge < -0.3 is 14.7 Å². The van der Waals surface area contributed by atoms with Gasteiger partial charge in [-0.05, 0) is 32.9 Å². The average molecular weight is 404 g/mol. The number of aromatic nitrogens is 1. The van der Waals surface area contributed by atoms with E-state index in [0.717, 1.165) is 11.3 Å². The summed E-state index contributed by atoms with van der Waals surface area (Å²) in [6.45, 7) is 5.30. The summed E-state index contributed by atoms with van der Waals surface area (Å²) >= 11 is 12.9. The molecule has 0 atom stereocenters. The number of hydrogen-bond acceptors (Lipinski definition) is 7. The fraction of sp³-hybridized carbons (Fsp3) is 0.267. The largest absolute Gasteiger partial charge is 0.444 e. The predicted octanol–water partition coefficient (Wildman–Crippen LogP) is 5.31. The maximum Gasteiger partial charge on any atom is 0.412 e. The minimum absolute atomic E-state index is 0.0812. The monoisotopic (exact) mass is 403 g/mol. The molecule has 0 fully saturated rings. The van der Waals surface area contributed by atoms with E-state index >= 15 is 0 Å². The zero-order valence-electron chi connectivity index (χ0n) is 13.5. The van der Waals surface area contributed by atoms with Gasteiger partial charge in [0.25, 0.3) is 5.19 Å². The van der Waals surface area contributed by atoms with Crippen LogP contribution in [0, 0.1) is 0 Å². The molecule has 2 N–H and O–H groups in total. The van der Waals surface area contributed by atoms with Gasteiger partial charge in [-0.2, -0.15) is 0 Å². The van der Waals surface area contributed by atoms with Crippen molar-refractivity contribution in [1.29, 1.82) is 0 Å². The Labute approximate surface area is 158 Å². The van der Waals surface area contributed by atoms with Crippen LogP contribution >= 0.6 is 34.5 Å². The molecule has 134 valence electrons. The number of ether oxygens (including phenoxy) is 2. The molecule has 1 heterocycles. The van der Waals surface area contributed by atoms with Gasteiger partial charge in [0.2, 0.25) is 0 Å². The second-order valence-electron chi connectivity index (χ2n) is 5.75. The molecule has 0 bridgehead atoms. The summed E-state index contributed by atoms with van der Waals surface area (Å²) < 4.78 is 10.7. The van der Waals surface area contributed by atoms with Crippen LogP contribution < -0.4 is 10.1 Å². The normalized spacial score (nSPS) is 12.0. The van der Waals surface area contributed by atoms with E-state index in [9.17, 15) is 4.79 Å². The van der Waals surface area contributed by atoms with Crippen LogP contribution in [0.5, 0.6) is 10.9 Å². The Bertz CT molecular complexity index is 802. The molecule has 7 nitrogen and oxygen atoms in total. The summed E-state index contributed by atoms with van der Waals surface area (Å²) in [5.74, 6) is 0.415. The number of hydrogen-bond donors (Lipinski definition) is 2. The third-order valence-electron chi connectivity index (χ3n) is 2.56. The highest BCUT2D eigenvalue weighted by Gasteiger charge is 2.17. The van der Waals surface area contributed by atoms with E-state index in [1.165, 1.54) is 12.3 Å². The molecule has 10 heteroatoms. The minimum atomic E-state index is -0.610. The van der Waals surface area contributed by atoms with Gasteiger partial charge in [0.1, 0.15) is 11.4 Å². The lowest BCUT2D eigenvalue weighted by atomic mass is 10.2. The summed E-state index contributed by atoms with van der Waals surface area (Å²) in [6.07, 6.45) is 0.813. The zero-order valence-corrected chi connectivity index (χ0v) is 15.9. The minimum Gasteiger partial charge on any atom is -0.444 e. The molecule has 0 saturated carbocycles. The van der Waals surface area contributed by atoms with Crippen LogP contribution in [-0.4, -0.2) is 27.1 Å². The molecular formula is C15H15Cl2N3O4S. The quantitative estimate of drug-likeness (QED) is 0.409. The SMILES string of the molecule is CC(C)(C)OC(=O)Nc1ccc(Oc2ncc(/C(Cl)=N/O)s2)cc1Cl. The standard InChI is InChI=1S/C15H15Cl2N3O4S/c1-15(2,3)24-13(21)19-10-5-4-8(6-9(10)16)23-14-18-7-11(25-14)12(17)20-22/h4-7,22H,1-3H3,(H,19,21)/b20-12-. The van der Waals surface area contributed by atoms with Gasteiger partial charge in [-0.3, -0.25) is 5.32 Å². The highest BCUT2D eigenvalue weighted by molar-refractivity contribution is 7.17. The van der Waals surface area contributed by atoms with Crippen LogP contribution in [0.25, 0.3) is 0 Å². The Morgan fingerprint density at radius 1 is 1.40 bits per heavy atom. The van der Waals surface area contributed by atoms with Gasteiger partial charge in [-0.15, -0.1) is 0 Å². The number of nitrogens with one attached hydrogen (secondary N) is 1. The number of rotatable bonds is 4. The van der Waals surface area contributed by atoms with Crippen molar-refractivity contribution < 1.29 is 19.5 Å². The molecule has 1 aromatic heterocycles. The van der Waals surface area contributed by atoms with Crippen molar-refractivity contribution in [3.8, 4) is 10.9 Å². The average Bonchev–Trinajstić information content (AvgIpc) is 2.96. The first-order chi connectivity index (χ1) is 11.7. The highest BCUT2D eigenvalue weighted by Crippen LogP contribution is 2.32. The summed E-state index contributed by atoms with van der Waals surface area (Å²) in [5.41, 5.74) is -0.222. The molecule has 0 radical (unpaired) electrons. The first-order valence-electron chi connectivity index (χ1n) is 6.99. The number of oxime groups is 1. The van der Waals surface area contributed by atoms with Crippen LogP contribution in [-0.2, 0) is 4.74 Å². The number of anilines is 1. The van der Waals surface area contributed by atoms with Gasteiger partial charge in [0, 0.05) is 6.07 Å². The fourth-order valence-electron chi connectivity index (χ4n) is 1.63. The van der Waals surface area contributed by atoms with Gasteiger partial charge in [-0.25, -0.2) is 9.78 Å². The van der Waals surface area contributed by atoms with Crippen molar-refractivity contribution in [3.05, 3.63) is 34.3 Å². The smallest absolute Gasteiger partial charge is 0.412 e. The molecular weight excluding hydrogens is 389 g/mol. The van der Waals surface area contributed by atoms with Crippen molar-refractivity contribution in [1.82, 2.24) is 4.98 Å². The Morgan fingerprint density at radius 3 is 2.72 bits per heavy atom. The molecule has 0 saturated heterocycles. The molecule has 0 aliphatic rings. The van der Waals surface area contributed by atoms with E-state index in [-0.39, 0.29) is 10.2 Å². The van der Waals surface area contributed by atoms with Crippen molar-refractivity contribution in [3.63, 3.8) is 0 Å². The van der Waals surface area contributed by atoms with Crippen LogP contribution in [0.1, 0.15) is 25.6 Å². The highest BCUT2D eigenvalue weighted by atomic mass is 35.5. The summed E-state index contributed by atoms with van der Waals surface area (Å²) in [5, 5.41) is 14.6. The summed E-state index contributed by atoms with van der Waals surface area (Å²) in [4.78, 5) is 16.2. The van der Waals surface area contributed by atoms with Crippen molar-refractivity contribution in [2.24, 2.45) is 5.16 Å². The van der Waals surface area contributed by atoms with E-state index in [0.29, 0.717) is 21.5 Å². The van der Waals surface area contributed by atoms with Crippen LogP contribution in [0.4, 0.5) is 10.5 Å². The second kappa shape index (κ2) is 7.90. The summed E-state index contributed by atoms with van der Waals surface area (Å²) in [6, 6.07) is 4.72. The van der Waals surface area contributed by atoms with E-state index in [1.54, 1.807) is 32.9 Å². The Hall–Kier alpha value is -2.03. The Morgan fingerprint density at radius 2 is 2.12 bits per heavy atom. The molecule has 0 aliphatic heterocycles. The summed E-state index contributed by atoms with van der Waals surface area (Å²) in [7, 11) is 0. The lowest BCUT2D eigenvalue weighted by molar-refractivity contribution is 0.0636. The van der Waals surface area contributed by atoms with E-state index < -0.39 is 11.7 Å². The third kappa shape index (κ3) is 5.77. The number of thiazole rings is 1. The molecule has 25 heavy (non-hydrogen) atoms. The predicted molar refractivity (Wildman–Crippen MR) is 97.7 cm³/mol. The molecule has 0 spiro atoms. The van der Waals surface area contributed by atoms with E-state index in [1.807, 2.05) is 0 Å². The van der Waals surface area contributed by atoms with Crippen LogP contribution in [0.2, 0.25) is 5.02 Å². The van der Waals surface area contributed by atoms with Gasteiger partial charge in [0.05, 0.1) is 21.8 Å². The molecule has 0 unspecified atom stereocenters. The first-order valence-corrected chi connectivity index (χ1v) is 8.56. The van der Waals surface area contributed by atoms with Gasteiger partial charge >= 0.3 is 6.09 Å². The topological polar surface area (TPSA) is 93.0 Å². The van der Waals surface area contributed by atoms with Crippen LogP contribution in [0.15, 0.2) is 29.6 Å². The molecule has 0 aliphatic carbocycles. The lowest BCUT2D eigenvalue weighted by Gasteiger charge is -2.20. The Kier molecular flexibility index (Phi) is 6.10. The van der Waals surface area contributed by atoms with Crippen molar-refractivity contribution >= 4 is 51.5 Å². The number of benzene rings is 1. The number of amides is 1. The van der Waals surface area contributed by atoms with E-state index in [2.05, 4.69) is 15.5 Å². The molecule has 2 aromatic rings. The number of nitrogens with zero attached hydrogens (tertiary/aromatic N) is 2. The second-order valence-corrected chi connectivity index (χ2v) is 7.51. The fourth-order valence-corrected chi connectivity index (χ4v) is 2.67. The van der Waals surface area contributed by atoms with Gasteiger partial charge in [0.15, 0.2) is 5.17 Å². The third-order valence-corrected chi connectivity index (χ3v) is 4.14. The first kappa shape index (κ1) is 19.3. The van der Waals surface area contributed by atoms with E-state index in [4.69, 9.17) is 37.9 Å². The number of carbonyl (C=O) groups excluding carboxylic acids is 1. The molecule has 1 aromatic carbocycles. The van der Waals surface area contributed by atoms with Crippen molar-refractivity contribution in [2.45, 2.75) is 26.4 Å². The zero-order chi connectivity index (χ0) is 18.6. The number of halogens is 2. The van der Waals surface area contributed by atoms with Gasteiger partial charge in [-0.1, -0.05) is 39.7 Å². The van der Waals surface area contributed by atoms with Crippen LogP contribution in [0.3, 0.4) is 0 Å². The van der Waals surface area contributed by atoms with Crippen molar-refractivity contribution in [2.75, 3.05) is 5.32 Å². The molecule has 1 amide bonds. The maximum atomic E-state index is 11.8.